The van der Waals surface area contributed by atoms with Crippen molar-refractivity contribution in [2.75, 3.05) is 13.1 Å². The molecule has 0 bridgehead atoms. The van der Waals surface area contributed by atoms with Gasteiger partial charge in [0.25, 0.3) is 5.69 Å². The number of rotatable bonds is 9. The number of carbonyl (C=O) groups is 2. The zero-order valence-corrected chi connectivity index (χ0v) is 19.4. The fourth-order valence-corrected chi connectivity index (χ4v) is 3.81. The Hall–Kier alpha value is -4.86. The third-order valence-corrected chi connectivity index (χ3v) is 5.60. The molecule has 4 aromatic rings. The fraction of sp³-hybridized carbons (Fsp3) is 0.154. The molecule has 0 fully saturated rings. The van der Waals surface area contributed by atoms with E-state index in [1.165, 1.54) is 12.1 Å². The number of carbonyl (C=O) groups excluding carboxylic acids is 2. The number of nitro groups is 1. The van der Waals surface area contributed by atoms with Crippen molar-refractivity contribution in [2.24, 2.45) is 0 Å². The van der Waals surface area contributed by atoms with E-state index in [0.717, 1.165) is 11.1 Å². The van der Waals surface area contributed by atoms with Crippen molar-refractivity contribution in [1.82, 2.24) is 20.8 Å². The van der Waals surface area contributed by atoms with Crippen LogP contribution in [-0.4, -0.2) is 40.0 Å². The van der Waals surface area contributed by atoms with E-state index < -0.39 is 16.7 Å². The quantitative estimate of drug-likeness (QED) is 0.210. The highest BCUT2D eigenvalue weighted by molar-refractivity contribution is 5.90. The molecule has 3 aromatic carbocycles. The van der Waals surface area contributed by atoms with Crippen molar-refractivity contribution in [1.29, 1.82) is 0 Å². The van der Waals surface area contributed by atoms with Gasteiger partial charge in [0.05, 0.1) is 10.8 Å². The molecule has 182 valence electrons. The third-order valence-electron chi connectivity index (χ3n) is 5.60. The predicted octanol–water partition coefficient (Wildman–Crippen LogP) is 3.63. The smallest absolute Gasteiger partial charge is 0.316 e. The highest BCUT2D eigenvalue weighted by atomic mass is 16.6. The van der Waals surface area contributed by atoms with Gasteiger partial charge < -0.3 is 15.2 Å². The van der Waals surface area contributed by atoms with Gasteiger partial charge in [-0.1, -0.05) is 78.0 Å². The first-order valence-corrected chi connectivity index (χ1v) is 11.2. The van der Waals surface area contributed by atoms with Gasteiger partial charge in [0.2, 0.25) is 11.7 Å². The topological polar surface area (TPSA) is 140 Å². The lowest BCUT2D eigenvalue weighted by molar-refractivity contribution is -0.385. The van der Waals surface area contributed by atoms with Crippen LogP contribution in [0.5, 0.6) is 0 Å². The normalized spacial score (nSPS) is 10.7. The molecule has 0 aliphatic rings. The summed E-state index contributed by atoms with van der Waals surface area (Å²) in [4.78, 5) is 40.2. The summed E-state index contributed by atoms with van der Waals surface area (Å²) in [5.41, 5.74) is 2.40. The number of nitro benzene ring substituents is 1. The van der Waals surface area contributed by atoms with E-state index in [9.17, 15) is 19.7 Å². The fourth-order valence-electron chi connectivity index (χ4n) is 3.81. The standard InChI is InChI=1S/C26H23N5O5/c1-17-20(13-8-14-21(17)31(34)35)23-29-26(36-30-23)25(33)28-16-15-27-24(32)22(18-9-4-2-5-10-18)19-11-6-3-7-12-19/h2-14,22H,15-16H2,1H3,(H,27,32)(H,28,33). The number of hydrogen-bond donors (Lipinski definition) is 2. The summed E-state index contributed by atoms with van der Waals surface area (Å²) in [7, 11) is 0. The van der Waals surface area contributed by atoms with Crippen LogP contribution in [0.4, 0.5) is 5.69 Å². The van der Waals surface area contributed by atoms with Crippen molar-refractivity contribution in [2.45, 2.75) is 12.8 Å². The van der Waals surface area contributed by atoms with Gasteiger partial charge in [-0.05, 0) is 18.1 Å². The van der Waals surface area contributed by atoms with Crippen LogP contribution < -0.4 is 10.6 Å². The van der Waals surface area contributed by atoms with E-state index in [1.54, 1.807) is 13.0 Å². The third kappa shape index (κ3) is 5.44. The first-order valence-electron chi connectivity index (χ1n) is 11.2. The Morgan fingerprint density at radius 1 is 0.917 bits per heavy atom. The Bertz CT molecular complexity index is 1330. The summed E-state index contributed by atoms with van der Waals surface area (Å²) in [6, 6.07) is 23.4. The maximum atomic E-state index is 13.0. The van der Waals surface area contributed by atoms with Crippen LogP contribution in [0.15, 0.2) is 83.4 Å². The Morgan fingerprint density at radius 3 is 2.14 bits per heavy atom. The van der Waals surface area contributed by atoms with Crippen LogP contribution in [0.25, 0.3) is 11.4 Å². The number of nitrogens with zero attached hydrogens (tertiary/aromatic N) is 3. The van der Waals surface area contributed by atoms with Gasteiger partial charge >= 0.3 is 11.8 Å². The molecule has 1 heterocycles. The predicted molar refractivity (Wildman–Crippen MR) is 131 cm³/mol. The Kier molecular flexibility index (Phi) is 7.45. The van der Waals surface area contributed by atoms with Crippen molar-refractivity contribution in [3.63, 3.8) is 0 Å². The molecule has 10 heteroatoms. The van der Waals surface area contributed by atoms with Crippen molar-refractivity contribution in [3.8, 4) is 11.4 Å². The molecule has 0 atom stereocenters. The molecule has 1 aromatic heterocycles. The lowest BCUT2D eigenvalue weighted by Crippen LogP contribution is -2.37. The maximum Gasteiger partial charge on any atom is 0.316 e. The first kappa shape index (κ1) is 24.3. The molecule has 0 saturated carbocycles. The molecule has 0 unspecified atom stereocenters. The minimum absolute atomic E-state index is 0.0724. The van der Waals surface area contributed by atoms with Gasteiger partial charge in [-0.25, -0.2) is 0 Å². The molecule has 0 radical (unpaired) electrons. The highest BCUT2D eigenvalue weighted by Crippen LogP contribution is 2.28. The summed E-state index contributed by atoms with van der Waals surface area (Å²) >= 11 is 0. The van der Waals surface area contributed by atoms with Gasteiger partial charge in [-0.2, -0.15) is 4.98 Å². The number of hydrogen-bond acceptors (Lipinski definition) is 7. The van der Waals surface area contributed by atoms with Crippen LogP contribution in [0, 0.1) is 17.0 Å². The van der Waals surface area contributed by atoms with Crippen LogP contribution in [0.1, 0.15) is 33.3 Å². The van der Waals surface area contributed by atoms with Gasteiger partial charge in [-0.3, -0.25) is 19.7 Å². The highest BCUT2D eigenvalue weighted by Gasteiger charge is 2.23. The maximum absolute atomic E-state index is 13.0. The van der Waals surface area contributed by atoms with E-state index in [1.807, 2.05) is 60.7 Å². The van der Waals surface area contributed by atoms with Crippen LogP contribution in [0.2, 0.25) is 0 Å². The van der Waals surface area contributed by atoms with E-state index in [-0.39, 0.29) is 36.4 Å². The second-order valence-electron chi connectivity index (χ2n) is 7.93. The SMILES string of the molecule is Cc1c(-c2noc(C(=O)NCCNC(=O)C(c3ccccc3)c3ccccc3)n2)cccc1[N+](=O)[O-]. The number of nitrogens with one attached hydrogen (secondary N) is 2. The van der Waals surface area contributed by atoms with Crippen molar-refractivity contribution < 1.29 is 19.0 Å². The average molecular weight is 486 g/mol. The van der Waals surface area contributed by atoms with Crippen LogP contribution >= 0.6 is 0 Å². The van der Waals surface area contributed by atoms with E-state index >= 15 is 0 Å². The van der Waals surface area contributed by atoms with Gasteiger partial charge in [0.15, 0.2) is 0 Å². The monoisotopic (exact) mass is 485 g/mol. The molecule has 0 spiro atoms. The molecule has 0 aliphatic carbocycles. The minimum atomic E-state index is -0.617. The zero-order valence-electron chi connectivity index (χ0n) is 19.4. The minimum Gasteiger partial charge on any atom is -0.354 e. The van der Waals surface area contributed by atoms with E-state index in [4.69, 9.17) is 4.52 Å². The summed E-state index contributed by atoms with van der Waals surface area (Å²) in [6.45, 7) is 1.89. The summed E-state index contributed by atoms with van der Waals surface area (Å²) < 4.78 is 5.04. The zero-order chi connectivity index (χ0) is 25.5. The van der Waals surface area contributed by atoms with E-state index in [0.29, 0.717) is 11.1 Å². The molecule has 36 heavy (non-hydrogen) atoms. The summed E-state index contributed by atoms with van der Waals surface area (Å²) in [5.74, 6) is -1.51. The average Bonchev–Trinajstić information content (AvgIpc) is 3.38. The Labute approximate surface area is 206 Å². The van der Waals surface area contributed by atoms with Crippen molar-refractivity contribution in [3.05, 3.63) is 112 Å². The number of amides is 2. The second-order valence-corrected chi connectivity index (χ2v) is 7.93. The van der Waals surface area contributed by atoms with Crippen LogP contribution in [-0.2, 0) is 4.79 Å². The molecular weight excluding hydrogens is 462 g/mol. The Balaban J connectivity index is 1.36. The van der Waals surface area contributed by atoms with Crippen LogP contribution in [0.3, 0.4) is 0 Å². The van der Waals surface area contributed by atoms with Gasteiger partial charge in [-0.15, -0.1) is 0 Å². The second kappa shape index (κ2) is 11.0. The Morgan fingerprint density at radius 2 is 1.53 bits per heavy atom. The van der Waals surface area contributed by atoms with E-state index in [2.05, 4.69) is 20.8 Å². The molecule has 2 N–H and O–H groups in total. The van der Waals surface area contributed by atoms with Crippen molar-refractivity contribution >= 4 is 17.5 Å². The number of aromatic nitrogens is 2. The first-order chi connectivity index (χ1) is 17.5. The molecule has 2 amide bonds. The summed E-state index contributed by atoms with van der Waals surface area (Å²) in [6.07, 6.45) is 0. The largest absolute Gasteiger partial charge is 0.354 e. The lowest BCUT2D eigenvalue weighted by atomic mass is 9.90. The number of benzene rings is 3. The molecule has 0 saturated heterocycles. The molecule has 0 aliphatic heterocycles. The summed E-state index contributed by atoms with van der Waals surface area (Å²) in [5, 5.41) is 20.4. The lowest BCUT2D eigenvalue weighted by Gasteiger charge is -2.18. The molecular formula is C26H23N5O5. The van der Waals surface area contributed by atoms with Gasteiger partial charge in [0.1, 0.15) is 0 Å². The van der Waals surface area contributed by atoms with Gasteiger partial charge in [0, 0.05) is 30.3 Å². The molecule has 4 rings (SSSR count). The molecule has 10 nitrogen and oxygen atoms in total.